The average Bonchev–Trinajstić information content (AvgIpc) is 3.03. The summed E-state index contributed by atoms with van der Waals surface area (Å²) in [6, 6.07) is 12.3. The van der Waals surface area contributed by atoms with E-state index in [0.29, 0.717) is 28.6 Å². The first-order chi connectivity index (χ1) is 15.8. The van der Waals surface area contributed by atoms with Crippen molar-refractivity contribution in [2.75, 3.05) is 13.2 Å². The van der Waals surface area contributed by atoms with Crippen LogP contribution in [0.25, 0.3) is 6.08 Å². The Hall–Kier alpha value is -3.11. The van der Waals surface area contributed by atoms with Gasteiger partial charge in [0.1, 0.15) is 6.54 Å². The molecule has 0 saturated carbocycles. The summed E-state index contributed by atoms with van der Waals surface area (Å²) in [6.45, 7) is 3.69. The molecule has 0 unspecified atom stereocenters. The standard InChI is InChI=1S/C23H22N2O6S2/c1-3-4-11-31-21(26)14-24-22(27)20(33-23(24)28)13-16-7-10-19(18(12-16)25(29)30)32-17-8-5-15(2)6-9-17/h5-10,12-13H,3-4,11,14H2,1-2H3/b20-13-. The second-order valence-electron chi connectivity index (χ2n) is 7.24. The molecule has 1 heterocycles. The lowest BCUT2D eigenvalue weighted by molar-refractivity contribution is -0.387. The van der Waals surface area contributed by atoms with Gasteiger partial charge in [-0.1, -0.05) is 48.9 Å². The lowest BCUT2D eigenvalue weighted by atomic mass is 10.2. The number of thioether (sulfide) groups is 1. The van der Waals surface area contributed by atoms with E-state index in [2.05, 4.69) is 0 Å². The lowest BCUT2D eigenvalue weighted by Gasteiger charge is -2.11. The van der Waals surface area contributed by atoms with Gasteiger partial charge in [0.2, 0.25) is 0 Å². The lowest BCUT2D eigenvalue weighted by Crippen LogP contribution is -2.34. The van der Waals surface area contributed by atoms with Gasteiger partial charge in [0.15, 0.2) is 0 Å². The van der Waals surface area contributed by atoms with Gasteiger partial charge in [0.25, 0.3) is 16.8 Å². The van der Waals surface area contributed by atoms with Crippen LogP contribution in [0.5, 0.6) is 0 Å². The number of carbonyl (C=O) groups excluding carboxylic acids is 3. The molecule has 8 nitrogen and oxygen atoms in total. The maximum Gasteiger partial charge on any atom is 0.326 e. The van der Waals surface area contributed by atoms with Crippen molar-refractivity contribution in [2.24, 2.45) is 0 Å². The van der Waals surface area contributed by atoms with Crippen molar-refractivity contribution < 1.29 is 24.0 Å². The third-order valence-electron chi connectivity index (χ3n) is 4.65. The smallest absolute Gasteiger partial charge is 0.326 e. The molecule has 2 amide bonds. The van der Waals surface area contributed by atoms with Crippen LogP contribution in [0.1, 0.15) is 30.9 Å². The number of amides is 2. The van der Waals surface area contributed by atoms with Gasteiger partial charge in [-0.15, -0.1) is 0 Å². The number of nitrogens with zero attached hydrogens (tertiary/aromatic N) is 2. The fraction of sp³-hybridized carbons (Fsp3) is 0.261. The van der Waals surface area contributed by atoms with Gasteiger partial charge >= 0.3 is 5.97 Å². The summed E-state index contributed by atoms with van der Waals surface area (Å²) in [6.07, 6.45) is 2.97. The topological polar surface area (TPSA) is 107 Å². The van der Waals surface area contributed by atoms with E-state index >= 15 is 0 Å². The molecule has 2 aromatic rings. The van der Waals surface area contributed by atoms with Gasteiger partial charge in [-0.25, -0.2) is 0 Å². The SMILES string of the molecule is CCCCOC(=O)CN1C(=O)S/C(=C\c2ccc(Sc3ccc(C)cc3)c([N+](=O)[O-])c2)C1=O. The van der Waals surface area contributed by atoms with Gasteiger partial charge in [-0.05, 0) is 54.9 Å². The van der Waals surface area contributed by atoms with Crippen LogP contribution in [0.4, 0.5) is 10.5 Å². The zero-order valence-corrected chi connectivity index (χ0v) is 19.7. The van der Waals surface area contributed by atoms with E-state index in [1.165, 1.54) is 23.9 Å². The maximum absolute atomic E-state index is 12.6. The number of rotatable bonds is 9. The summed E-state index contributed by atoms with van der Waals surface area (Å²) in [5.74, 6) is -1.28. The van der Waals surface area contributed by atoms with Gasteiger partial charge in [-0.2, -0.15) is 0 Å². The summed E-state index contributed by atoms with van der Waals surface area (Å²) in [5, 5.41) is 11.1. The molecule has 3 rings (SSSR count). The fourth-order valence-corrected chi connectivity index (χ4v) is 4.62. The Balaban J connectivity index is 1.77. The number of nitro groups is 1. The monoisotopic (exact) mass is 486 g/mol. The Kier molecular flexibility index (Phi) is 8.29. The van der Waals surface area contributed by atoms with Gasteiger partial charge in [0.05, 0.1) is 21.3 Å². The van der Waals surface area contributed by atoms with E-state index in [1.807, 2.05) is 38.1 Å². The number of nitro benzene ring substituents is 1. The second kappa shape index (κ2) is 11.2. The highest BCUT2D eigenvalue weighted by Gasteiger charge is 2.36. The molecule has 0 N–H and O–H groups in total. The van der Waals surface area contributed by atoms with Crippen molar-refractivity contribution >= 4 is 52.4 Å². The molecular weight excluding hydrogens is 464 g/mol. The van der Waals surface area contributed by atoms with Crippen LogP contribution < -0.4 is 0 Å². The van der Waals surface area contributed by atoms with E-state index in [4.69, 9.17) is 4.74 Å². The Bertz CT molecular complexity index is 1110. The number of unbranched alkanes of at least 4 members (excludes halogenated alkanes) is 1. The highest BCUT2D eigenvalue weighted by molar-refractivity contribution is 8.18. The number of benzene rings is 2. The fourth-order valence-electron chi connectivity index (χ4n) is 2.88. The van der Waals surface area contributed by atoms with Crippen molar-refractivity contribution in [1.29, 1.82) is 0 Å². The zero-order valence-electron chi connectivity index (χ0n) is 18.1. The van der Waals surface area contributed by atoms with Crippen molar-refractivity contribution in [1.82, 2.24) is 4.90 Å². The number of ether oxygens (including phenoxy) is 1. The van der Waals surface area contributed by atoms with Crippen LogP contribution in [-0.4, -0.2) is 40.1 Å². The minimum atomic E-state index is -0.653. The molecule has 1 fully saturated rings. The predicted molar refractivity (Wildman–Crippen MR) is 127 cm³/mol. The maximum atomic E-state index is 12.6. The van der Waals surface area contributed by atoms with Gasteiger partial charge < -0.3 is 4.74 Å². The Morgan fingerprint density at radius 3 is 2.61 bits per heavy atom. The molecule has 1 saturated heterocycles. The molecule has 0 spiro atoms. The van der Waals surface area contributed by atoms with E-state index in [1.54, 1.807) is 12.1 Å². The first-order valence-corrected chi connectivity index (χ1v) is 11.9. The van der Waals surface area contributed by atoms with Crippen molar-refractivity contribution in [3.8, 4) is 0 Å². The molecule has 0 radical (unpaired) electrons. The van der Waals surface area contributed by atoms with Gasteiger partial charge in [-0.3, -0.25) is 29.4 Å². The minimum absolute atomic E-state index is 0.0922. The van der Waals surface area contributed by atoms with Crippen molar-refractivity contribution in [3.63, 3.8) is 0 Å². The zero-order chi connectivity index (χ0) is 24.0. The molecule has 2 aromatic carbocycles. The quantitative estimate of drug-likeness (QED) is 0.152. The normalized spacial score (nSPS) is 14.7. The third kappa shape index (κ3) is 6.45. The van der Waals surface area contributed by atoms with Crippen LogP contribution in [0, 0.1) is 17.0 Å². The summed E-state index contributed by atoms with van der Waals surface area (Å²) in [4.78, 5) is 50.1. The summed E-state index contributed by atoms with van der Waals surface area (Å²) in [7, 11) is 0. The number of hydrogen-bond donors (Lipinski definition) is 0. The van der Waals surface area contributed by atoms with Crippen LogP contribution >= 0.6 is 23.5 Å². The average molecular weight is 487 g/mol. The van der Waals surface area contributed by atoms with E-state index < -0.39 is 28.6 Å². The van der Waals surface area contributed by atoms with Crippen LogP contribution in [-0.2, 0) is 14.3 Å². The number of aryl methyl sites for hydroxylation is 1. The Morgan fingerprint density at radius 1 is 1.21 bits per heavy atom. The van der Waals surface area contributed by atoms with E-state index in [9.17, 15) is 24.5 Å². The predicted octanol–water partition coefficient (Wildman–Crippen LogP) is 5.43. The number of esters is 1. The summed E-state index contributed by atoms with van der Waals surface area (Å²) in [5.41, 5.74) is 1.39. The van der Waals surface area contributed by atoms with Crippen molar-refractivity contribution in [3.05, 3.63) is 68.6 Å². The number of imide groups is 1. The first-order valence-electron chi connectivity index (χ1n) is 10.2. The van der Waals surface area contributed by atoms with Crippen LogP contribution in [0.15, 0.2) is 57.2 Å². The number of hydrogen-bond acceptors (Lipinski definition) is 8. The Labute approximate surface area is 199 Å². The molecule has 1 aliphatic rings. The highest BCUT2D eigenvalue weighted by atomic mass is 32.2. The molecule has 0 bridgehead atoms. The van der Waals surface area contributed by atoms with Crippen molar-refractivity contribution in [2.45, 2.75) is 36.5 Å². The molecular formula is C23H22N2O6S2. The molecule has 0 atom stereocenters. The van der Waals surface area contributed by atoms with Gasteiger partial charge in [0, 0.05) is 11.0 Å². The Morgan fingerprint density at radius 2 is 1.94 bits per heavy atom. The van der Waals surface area contributed by atoms with Crippen LogP contribution in [0.3, 0.4) is 0 Å². The van der Waals surface area contributed by atoms with Crippen LogP contribution in [0.2, 0.25) is 0 Å². The van der Waals surface area contributed by atoms with E-state index in [0.717, 1.165) is 21.8 Å². The molecule has 1 aliphatic heterocycles. The molecule has 0 aliphatic carbocycles. The highest BCUT2D eigenvalue weighted by Crippen LogP contribution is 2.37. The summed E-state index contributed by atoms with van der Waals surface area (Å²) >= 11 is 1.96. The molecule has 172 valence electrons. The third-order valence-corrected chi connectivity index (χ3v) is 6.63. The largest absolute Gasteiger partial charge is 0.464 e. The molecule has 33 heavy (non-hydrogen) atoms. The first kappa shape index (κ1) is 24.5. The molecule has 0 aromatic heterocycles. The number of carbonyl (C=O) groups is 3. The summed E-state index contributed by atoms with van der Waals surface area (Å²) < 4.78 is 5.01. The minimum Gasteiger partial charge on any atom is -0.464 e. The molecule has 10 heteroatoms. The second-order valence-corrected chi connectivity index (χ2v) is 9.35. The van der Waals surface area contributed by atoms with E-state index in [-0.39, 0.29) is 17.2 Å².